The van der Waals surface area contributed by atoms with Crippen molar-refractivity contribution in [3.05, 3.63) is 72.3 Å². The first kappa shape index (κ1) is 13.7. The van der Waals surface area contributed by atoms with Crippen LogP contribution in [-0.2, 0) is 0 Å². The summed E-state index contributed by atoms with van der Waals surface area (Å²) in [5.74, 6) is 0. The Hall–Kier alpha value is -1.28. The van der Waals surface area contributed by atoms with E-state index >= 15 is 0 Å². The van der Waals surface area contributed by atoms with Gasteiger partial charge in [0.2, 0.25) is 0 Å². The van der Waals surface area contributed by atoms with Gasteiger partial charge in [-0.15, -0.1) is 22.2 Å². The smallest absolute Gasteiger partial charge is 0.134 e. The predicted molar refractivity (Wildman–Crippen MR) is 91.9 cm³/mol. The highest BCUT2D eigenvalue weighted by Crippen LogP contribution is 2.21. The maximum absolute atomic E-state index is 6.82. The zero-order chi connectivity index (χ0) is 14.2. The van der Waals surface area contributed by atoms with E-state index in [1.54, 1.807) is 0 Å². The number of hydrogen-bond donors (Lipinski definition) is 0. The second-order valence-electron chi connectivity index (χ2n) is 4.97. The fraction of sp³-hybridized carbons (Fsp3) is 0.0588. The molecule has 0 radical (unpaired) electrons. The van der Waals surface area contributed by atoms with Crippen LogP contribution in [-0.4, -0.2) is 6.69 Å². The topological polar surface area (TPSA) is 0 Å². The van der Waals surface area contributed by atoms with E-state index in [2.05, 4.69) is 43.3 Å². The van der Waals surface area contributed by atoms with Crippen LogP contribution in [0.25, 0.3) is 10.8 Å². The van der Waals surface area contributed by atoms with Gasteiger partial charge in [0.25, 0.3) is 0 Å². The molecule has 0 spiro atoms. The molecule has 0 fully saturated rings. The van der Waals surface area contributed by atoms with Crippen LogP contribution in [0.3, 0.4) is 0 Å². The first-order valence-corrected chi connectivity index (χ1v) is 10.5. The molecule has 0 aliphatic carbocycles. The molecule has 0 aliphatic rings. The van der Waals surface area contributed by atoms with Crippen LogP contribution in [0, 0.1) is 6.92 Å². The Morgan fingerprint density at radius 3 is 2.15 bits per heavy atom. The normalized spacial score (nSPS) is 11.8. The molecule has 0 aliphatic heterocycles. The van der Waals surface area contributed by atoms with Crippen LogP contribution < -0.4 is 10.4 Å². The van der Waals surface area contributed by atoms with Crippen molar-refractivity contribution in [2.45, 2.75) is 6.92 Å². The van der Waals surface area contributed by atoms with Crippen molar-refractivity contribution in [1.29, 1.82) is 0 Å². The number of fused-ring (bicyclic) bond motifs is 1. The van der Waals surface area contributed by atoms with Gasteiger partial charge in [0.15, 0.2) is 0 Å². The van der Waals surface area contributed by atoms with E-state index in [4.69, 9.17) is 22.2 Å². The molecule has 0 amide bonds. The molecular weight excluding hydrogens is 303 g/mol. The summed E-state index contributed by atoms with van der Waals surface area (Å²) < 4.78 is 0. The van der Waals surface area contributed by atoms with Crippen molar-refractivity contribution in [2.24, 2.45) is 0 Å². The lowest BCUT2D eigenvalue weighted by Gasteiger charge is -2.20. The molecule has 3 heteroatoms. The van der Waals surface area contributed by atoms with Crippen molar-refractivity contribution >= 4 is 50.0 Å². The SMILES string of the molecule is Cc1ccc([Si](Cl)(Cl)c2cccc3ccccc23)cc1. The highest BCUT2D eigenvalue weighted by atomic mass is 35.7. The van der Waals surface area contributed by atoms with Crippen LogP contribution in [0.2, 0.25) is 0 Å². The Morgan fingerprint density at radius 2 is 1.40 bits per heavy atom. The largest absolute Gasteiger partial charge is 0.311 e. The Labute approximate surface area is 129 Å². The number of benzene rings is 3. The summed E-state index contributed by atoms with van der Waals surface area (Å²) in [7, 11) is 0. The van der Waals surface area contributed by atoms with Crippen molar-refractivity contribution in [3.8, 4) is 0 Å². The van der Waals surface area contributed by atoms with Gasteiger partial charge in [-0.3, -0.25) is 0 Å². The van der Waals surface area contributed by atoms with Crippen molar-refractivity contribution in [2.75, 3.05) is 0 Å². The minimum absolute atomic E-state index is 1.03. The predicted octanol–water partition coefficient (Wildman–Crippen LogP) is 4.18. The summed E-state index contributed by atoms with van der Waals surface area (Å²) in [5.41, 5.74) is 1.21. The lowest BCUT2D eigenvalue weighted by atomic mass is 10.1. The number of halogens is 2. The zero-order valence-electron chi connectivity index (χ0n) is 11.1. The minimum Gasteiger partial charge on any atom is -0.134 e. The molecule has 3 rings (SSSR count). The van der Waals surface area contributed by atoms with E-state index in [1.165, 1.54) is 10.9 Å². The number of rotatable bonds is 2. The summed E-state index contributed by atoms with van der Waals surface area (Å²) in [6, 6.07) is 22.6. The summed E-state index contributed by atoms with van der Waals surface area (Å²) in [4.78, 5) is 0. The first-order valence-electron chi connectivity index (χ1n) is 6.52. The molecule has 0 nitrogen and oxygen atoms in total. The van der Waals surface area contributed by atoms with Crippen LogP contribution in [0.15, 0.2) is 66.7 Å². The summed E-state index contributed by atoms with van der Waals surface area (Å²) in [6.45, 7) is -0.636. The van der Waals surface area contributed by atoms with E-state index < -0.39 is 6.69 Å². The molecule has 100 valence electrons. The van der Waals surface area contributed by atoms with Crippen molar-refractivity contribution in [1.82, 2.24) is 0 Å². The molecule has 20 heavy (non-hydrogen) atoms. The van der Waals surface area contributed by atoms with Crippen molar-refractivity contribution in [3.63, 3.8) is 0 Å². The van der Waals surface area contributed by atoms with E-state index in [0.29, 0.717) is 0 Å². The molecular formula is C17H14Cl2Si. The van der Waals surface area contributed by atoms with Gasteiger partial charge in [0, 0.05) is 0 Å². The third-order valence-electron chi connectivity index (χ3n) is 3.54. The van der Waals surface area contributed by atoms with Gasteiger partial charge < -0.3 is 0 Å². The quantitative estimate of drug-likeness (QED) is 0.491. The van der Waals surface area contributed by atoms with E-state index in [0.717, 1.165) is 15.8 Å². The maximum atomic E-state index is 6.82. The summed E-state index contributed by atoms with van der Waals surface area (Å²) >= 11 is 13.6. The van der Waals surface area contributed by atoms with Gasteiger partial charge >= 0.3 is 6.69 Å². The van der Waals surface area contributed by atoms with Crippen LogP contribution in [0.5, 0.6) is 0 Å². The lowest BCUT2D eigenvalue weighted by molar-refractivity contribution is 1.49. The molecule has 0 saturated heterocycles. The van der Waals surface area contributed by atoms with Gasteiger partial charge in [-0.2, -0.15) is 0 Å². The van der Waals surface area contributed by atoms with Crippen LogP contribution in [0.4, 0.5) is 0 Å². The molecule has 0 unspecified atom stereocenters. The minimum atomic E-state index is -2.70. The van der Waals surface area contributed by atoms with Gasteiger partial charge in [-0.05, 0) is 28.1 Å². The molecule has 0 aromatic heterocycles. The van der Waals surface area contributed by atoms with E-state index in [1.807, 2.05) is 30.3 Å². The average Bonchev–Trinajstić information content (AvgIpc) is 2.47. The van der Waals surface area contributed by atoms with Gasteiger partial charge in [-0.25, -0.2) is 0 Å². The molecule has 0 N–H and O–H groups in total. The van der Waals surface area contributed by atoms with Crippen LogP contribution >= 0.6 is 22.2 Å². The van der Waals surface area contributed by atoms with Gasteiger partial charge in [0.1, 0.15) is 0 Å². The number of hydrogen-bond acceptors (Lipinski definition) is 0. The van der Waals surface area contributed by atoms with Gasteiger partial charge in [0.05, 0.1) is 0 Å². The number of aryl methyl sites for hydroxylation is 1. The highest BCUT2D eigenvalue weighted by Gasteiger charge is 2.34. The van der Waals surface area contributed by atoms with Crippen molar-refractivity contribution < 1.29 is 0 Å². The lowest BCUT2D eigenvalue weighted by Crippen LogP contribution is -2.48. The van der Waals surface area contributed by atoms with E-state index in [9.17, 15) is 0 Å². The Bertz CT molecular complexity index is 743. The average molecular weight is 317 g/mol. The van der Waals surface area contributed by atoms with E-state index in [-0.39, 0.29) is 0 Å². The molecule has 3 aromatic carbocycles. The second kappa shape index (κ2) is 5.25. The third-order valence-corrected chi connectivity index (χ3v) is 8.24. The Kier molecular flexibility index (Phi) is 3.59. The fourth-order valence-corrected chi connectivity index (χ4v) is 5.93. The maximum Gasteiger partial charge on any atom is 0.311 e. The highest BCUT2D eigenvalue weighted by molar-refractivity contribution is 7.56. The first-order chi connectivity index (χ1) is 9.59. The standard InChI is InChI=1S/C17H14Cl2Si/c1-13-9-11-15(12-10-13)20(18,19)17-8-4-6-14-5-2-3-7-16(14)17/h2-12H,1H3. The van der Waals surface area contributed by atoms with Gasteiger partial charge in [-0.1, -0.05) is 72.3 Å². The molecule has 0 bridgehead atoms. The zero-order valence-corrected chi connectivity index (χ0v) is 13.6. The second-order valence-corrected chi connectivity index (χ2v) is 11.2. The molecule has 0 saturated carbocycles. The molecule has 0 atom stereocenters. The fourth-order valence-electron chi connectivity index (χ4n) is 2.42. The summed E-state index contributed by atoms with van der Waals surface area (Å²) in [6.07, 6.45) is 0. The van der Waals surface area contributed by atoms with Crippen LogP contribution in [0.1, 0.15) is 5.56 Å². The molecule has 0 heterocycles. The monoisotopic (exact) mass is 316 g/mol. The molecule has 3 aromatic rings. The Balaban J connectivity index is 2.20. The Morgan fingerprint density at radius 1 is 0.750 bits per heavy atom. The third kappa shape index (κ3) is 2.37. The summed E-state index contributed by atoms with van der Waals surface area (Å²) in [5, 5.41) is 4.41.